The number of thioether (sulfide) groups is 1. The van der Waals surface area contributed by atoms with Crippen LogP contribution in [-0.4, -0.2) is 46.4 Å². The molecule has 1 aliphatic heterocycles. The third-order valence-corrected chi connectivity index (χ3v) is 5.89. The summed E-state index contributed by atoms with van der Waals surface area (Å²) in [6, 6.07) is 15.0. The number of hydrogen-bond acceptors (Lipinski definition) is 4. The van der Waals surface area contributed by atoms with E-state index in [4.69, 9.17) is 0 Å². The van der Waals surface area contributed by atoms with Crippen molar-refractivity contribution in [2.75, 3.05) is 29.9 Å². The van der Waals surface area contributed by atoms with Gasteiger partial charge in [0, 0.05) is 18.8 Å². The van der Waals surface area contributed by atoms with Crippen LogP contribution in [0, 0.1) is 6.92 Å². The van der Waals surface area contributed by atoms with Gasteiger partial charge in [-0.25, -0.2) is 0 Å². The molecule has 2 aromatic carbocycles. The second-order valence-corrected chi connectivity index (χ2v) is 8.14. The number of aromatic hydroxyl groups is 1. The molecule has 0 radical (unpaired) electrons. The second-order valence-electron chi connectivity index (χ2n) is 7.16. The van der Waals surface area contributed by atoms with Gasteiger partial charge in [-0.1, -0.05) is 24.3 Å². The highest BCUT2D eigenvalue weighted by Gasteiger charge is 2.23. The molecule has 0 atom stereocenters. The van der Waals surface area contributed by atoms with Crippen LogP contribution in [0.4, 0.5) is 5.69 Å². The number of benzene rings is 2. The second kappa shape index (κ2) is 9.64. The summed E-state index contributed by atoms with van der Waals surface area (Å²) in [5, 5.41) is 12.3. The highest BCUT2D eigenvalue weighted by molar-refractivity contribution is 8.00. The molecular weight excluding hydrogens is 372 g/mol. The van der Waals surface area contributed by atoms with E-state index in [-0.39, 0.29) is 23.3 Å². The van der Waals surface area contributed by atoms with Crippen LogP contribution in [-0.2, 0) is 9.59 Å². The van der Waals surface area contributed by atoms with Gasteiger partial charge in [-0.2, -0.15) is 0 Å². The Kier molecular flexibility index (Phi) is 6.98. The first-order chi connectivity index (χ1) is 13.5. The van der Waals surface area contributed by atoms with E-state index in [9.17, 15) is 14.7 Å². The average molecular weight is 399 g/mol. The monoisotopic (exact) mass is 398 g/mol. The lowest BCUT2D eigenvalue weighted by Crippen LogP contribution is -2.39. The van der Waals surface area contributed by atoms with Crippen molar-refractivity contribution >= 4 is 29.3 Å². The fourth-order valence-corrected chi connectivity index (χ4v) is 4.17. The van der Waals surface area contributed by atoms with E-state index in [0.29, 0.717) is 11.7 Å². The summed E-state index contributed by atoms with van der Waals surface area (Å²) >= 11 is 1.35. The number of carbonyl (C=O) groups excluding carboxylic acids is 2. The predicted molar refractivity (Wildman–Crippen MR) is 114 cm³/mol. The van der Waals surface area contributed by atoms with Gasteiger partial charge in [-0.15, -0.1) is 11.8 Å². The first-order valence-electron chi connectivity index (χ1n) is 9.52. The Hall–Kier alpha value is -2.47. The number of nitrogens with zero attached hydrogens (tertiary/aromatic N) is 1. The van der Waals surface area contributed by atoms with Crippen LogP contribution in [0.1, 0.15) is 29.9 Å². The van der Waals surface area contributed by atoms with Gasteiger partial charge in [0.05, 0.1) is 11.5 Å². The first kappa shape index (κ1) is 20.3. The quantitative estimate of drug-likeness (QED) is 0.777. The van der Waals surface area contributed by atoms with Crippen molar-refractivity contribution in [1.29, 1.82) is 0 Å². The molecule has 5 nitrogen and oxygen atoms in total. The molecule has 0 spiro atoms. The number of piperidine rings is 1. The number of anilines is 1. The highest BCUT2D eigenvalue weighted by atomic mass is 32.2. The van der Waals surface area contributed by atoms with Gasteiger partial charge in [0.2, 0.25) is 11.8 Å². The van der Waals surface area contributed by atoms with E-state index in [1.54, 1.807) is 12.1 Å². The minimum Gasteiger partial charge on any atom is -0.508 e. The molecule has 0 unspecified atom stereocenters. The summed E-state index contributed by atoms with van der Waals surface area (Å²) < 4.78 is 0. The van der Waals surface area contributed by atoms with Crippen molar-refractivity contribution < 1.29 is 14.7 Å². The lowest BCUT2D eigenvalue weighted by molar-refractivity contribution is -0.129. The maximum Gasteiger partial charge on any atom is 0.234 e. The highest BCUT2D eigenvalue weighted by Crippen LogP contribution is 2.29. The third kappa shape index (κ3) is 5.76. The third-order valence-electron chi connectivity index (χ3n) is 4.97. The van der Waals surface area contributed by atoms with Crippen LogP contribution in [0.3, 0.4) is 0 Å². The van der Waals surface area contributed by atoms with Crippen molar-refractivity contribution in [3.63, 3.8) is 0 Å². The zero-order valence-corrected chi connectivity index (χ0v) is 16.9. The number of rotatable bonds is 6. The van der Waals surface area contributed by atoms with E-state index in [2.05, 4.69) is 5.32 Å². The molecule has 0 saturated carbocycles. The SMILES string of the molecule is Cc1cccc(NC(=O)CSCC(=O)N2CCC(c3ccc(O)cc3)CC2)c1. The van der Waals surface area contributed by atoms with Crippen molar-refractivity contribution in [2.24, 2.45) is 0 Å². The van der Waals surface area contributed by atoms with E-state index in [0.717, 1.165) is 37.2 Å². The van der Waals surface area contributed by atoms with E-state index in [1.807, 2.05) is 48.2 Å². The van der Waals surface area contributed by atoms with Crippen molar-refractivity contribution in [2.45, 2.75) is 25.7 Å². The Morgan fingerprint density at radius 1 is 1.11 bits per heavy atom. The fourth-order valence-electron chi connectivity index (χ4n) is 3.45. The standard InChI is InChI=1S/C22H26N2O3S/c1-16-3-2-4-19(13-16)23-21(26)14-28-15-22(27)24-11-9-18(10-12-24)17-5-7-20(25)8-6-17/h2-8,13,18,25H,9-12,14-15H2,1H3,(H,23,26). The van der Waals surface area contributed by atoms with Crippen LogP contribution >= 0.6 is 11.8 Å². The smallest absolute Gasteiger partial charge is 0.234 e. The Morgan fingerprint density at radius 2 is 1.82 bits per heavy atom. The number of phenols is 1. The molecule has 1 aliphatic rings. The summed E-state index contributed by atoms with van der Waals surface area (Å²) in [6.45, 7) is 3.45. The van der Waals surface area contributed by atoms with E-state index < -0.39 is 0 Å². The summed E-state index contributed by atoms with van der Waals surface area (Å²) in [5.41, 5.74) is 3.09. The van der Waals surface area contributed by atoms with Crippen molar-refractivity contribution in [1.82, 2.24) is 4.90 Å². The van der Waals surface area contributed by atoms with Gasteiger partial charge in [0.25, 0.3) is 0 Å². The van der Waals surface area contributed by atoms with Gasteiger partial charge < -0.3 is 15.3 Å². The van der Waals surface area contributed by atoms with Gasteiger partial charge >= 0.3 is 0 Å². The number of carbonyl (C=O) groups is 2. The van der Waals surface area contributed by atoms with Crippen LogP contribution < -0.4 is 5.32 Å². The maximum absolute atomic E-state index is 12.4. The van der Waals surface area contributed by atoms with Crippen LogP contribution in [0.2, 0.25) is 0 Å². The van der Waals surface area contributed by atoms with Gasteiger partial charge in [-0.05, 0) is 61.1 Å². The average Bonchev–Trinajstić information content (AvgIpc) is 2.68. The number of hydrogen-bond donors (Lipinski definition) is 2. The molecule has 28 heavy (non-hydrogen) atoms. The molecule has 6 heteroatoms. The Balaban J connectivity index is 1.37. The zero-order valence-electron chi connectivity index (χ0n) is 16.1. The Bertz CT molecular complexity index is 815. The molecule has 1 fully saturated rings. The molecular formula is C22H26N2O3S. The molecule has 0 aromatic heterocycles. The topological polar surface area (TPSA) is 69.6 Å². The van der Waals surface area contributed by atoms with Crippen molar-refractivity contribution in [3.8, 4) is 5.75 Å². The van der Waals surface area contributed by atoms with Gasteiger partial charge in [0.1, 0.15) is 5.75 Å². The molecule has 1 saturated heterocycles. The fraction of sp³-hybridized carbons (Fsp3) is 0.364. The number of phenolic OH excluding ortho intramolecular Hbond substituents is 1. The molecule has 2 amide bonds. The molecule has 0 aliphatic carbocycles. The summed E-state index contributed by atoms with van der Waals surface area (Å²) in [4.78, 5) is 26.3. The molecule has 3 rings (SSSR count). The van der Waals surface area contributed by atoms with Crippen LogP contribution in [0.25, 0.3) is 0 Å². The lowest BCUT2D eigenvalue weighted by atomic mass is 9.89. The molecule has 2 N–H and O–H groups in total. The summed E-state index contributed by atoms with van der Waals surface area (Å²) in [6.07, 6.45) is 1.85. The Morgan fingerprint density at radius 3 is 2.50 bits per heavy atom. The van der Waals surface area contributed by atoms with Gasteiger partial charge in [0.15, 0.2) is 0 Å². The van der Waals surface area contributed by atoms with Gasteiger partial charge in [-0.3, -0.25) is 9.59 Å². The molecule has 1 heterocycles. The van der Waals surface area contributed by atoms with Crippen LogP contribution in [0.15, 0.2) is 48.5 Å². The minimum absolute atomic E-state index is 0.0885. The number of amides is 2. The number of aryl methyl sites for hydroxylation is 1. The van der Waals surface area contributed by atoms with E-state index >= 15 is 0 Å². The Labute approximate surface area is 170 Å². The zero-order chi connectivity index (χ0) is 19.9. The molecule has 0 bridgehead atoms. The normalized spacial score (nSPS) is 14.7. The summed E-state index contributed by atoms with van der Waals surface area (Å²) in [5.74, 6) is 1.30. The summed E-state index contributed by atoms with van der Waals surface area (Å²) in [7, 11) is 0. The lowest BCUT2D eigenvalue weighted by Gasteiger charge is -2.32. The van der Waals surface area contributed by atoms with E-state index in [1.165, 1.54) is 17.3 Å². The van der Waals surface area contributed by atoms with Crippen LogP contribution in [0.5, 0.6) is 5.75 Å². The number of nitrogens with one attached hydrogen (secondary N) is 1. The van der Waals surface area contributed by atoms with Crippen molar-refractivity contribution in [3.05, 3.63) is 59.7 Å². The molecule has 2 aromatic rings. The maximum atomic E-state index is 12.4. The predicted octanol–water partition coefficient (Wildman–Crippen LogP) is 3.78. The first-order valence-corrected chi connectivity index (χ1v) is 10.7. The largest absolute Gasteiger partial charge is 0.508 e. The minimum atomic E-state index is -0.0885. The molecule has 148 valence electrons. The number of likely N-dealkylation sites (tertiary alicyclic amines) is 1.